The van der Waals surface area contributed by atoms with E-state index in [-0.39, 0.29) is 11.5 Å². The van der Waals surface area contributed by atoms with Gasteiger partial charge in [0.1, 0.15) is 6.54 Å². The molecule has 0 spiro atoms. The first-order valence-corrected chi connectivity index (χ1v) is 9.24. The Balaban J connectivity index is 1.73. The average molecular weight is 365 g/mol. The normalized spacial score (nSPS) is 12.1. The number of nitrogens with zero attached hydrogens (tertiary/aromatic N) is 1. The number of para-hydroxylation sites is 2. The van der Waals surface area contributed by atoms with E-state index in [1.54, 1.807) is 6.07 Å². The molecular formula is C21H25N4O2+. The minimum atomic E-state index is -0.143. The van der Waals surface area contributed by atoms with E-state index in [1.165, 1.54) is 0 Å². The number of hydrogen-bond donors (Lipinski definition) is 3. The number of aromatic nitrogens is 2. The number of aromatic amines is 1. The Kier molecular flexibility index (Phi) is 5.98. The number of anilines is 1. The van der Waals surface area contributed by atoms with E-state index in [4.69, 9.17) is 0 Å². The monoisotopic (exact) mass is 365 g/mol. The number of amides is 1. The van der Waals surface area contributed by atoms with Crippen molar-refractivity contribution in [2.75, 3.05) is 18.4 Å². The topological polar surface area (TPSA) is 79.3 Å². The van der Waals surface area contributed by atoms with Crippen LogP contribution in [0.25, 0.3) is 10.9 Å². The van der Waals surface area contributed by atoms with Gasteiger partial charge in [0.25, 0.3) is 11.5 Å². The molecule has 0 saturated carbocycles. The van der Waals surface area contributed by atoms with Gasteiger partial charge < -0.3 is 15.2 Å². The van der Waals surface area contributed by atoms with Crippen LogP contribution in [0.5, 0.6) is 0 Å². The summed E-state index contributed by atoms with van der Waals surface area (Å²) >= 11 is 0. The Bertz CT molecular complexity index is 997. The third-order valence-corrected chi connectivity index (χ3v) is 4.51. The van der Waals surface area contributed by atoms with Crippen LogP contribution in [0.2, 0.25) is 0 Å². The second kappa shape index (κ2) is 8.60. The first-order chi connectivity index (χ1) is 13.1. The summed E-state index contributed by atoms with van der Waals surface area (Å²) in [7, 11) is 0. The van der Waals surface area contributed by atoms with Gasteiger partial charge in [0.2, 0.25) is 0 Å². The summed E-state index contributed by atoms with van der Waals surface area (Å²) < 4.78 is 0. The van der Waals surface area contributed by atoms with Crippen LogP contribution in [0.15, 0.2) is 53.3 Å². The van der Waals surface area contributed by atoms with Crippen LogP contribution in [0.3, 0.4) is 0 Å². The molecule has 3 N–H and O–H groups in total. The van der Waals surface area contributed by atoms with E-state index in [0.717, 1.165) is 29.1 Å². The number of rotatable bonds is 7. The summed E-state index contributed by atoms with van der Waals surface area (Å²) in [5.74, 6) is 0.557. The van der Waals surface area contributed by atoms with Gasteiger partial charge in [0.15, 0.2) is 12.4 Å². The minimum absolute atomic E-state index is 0.0455. The zero-order valence-electron chi connectivity index (χ0n) is 15.7. The summed E-state index contributed by atoms with van der Waals surface area (Å²) in [5.41, 5.74) is 2.39. The lowest BCUT2D eigenvalue weighted by atomic mass is 10.2. The highest BCUT2D eigenvalue weighted by Gasteiger charge is 2.17. The van der Waals surface area contributed by atoms with Crippen molar-refractivity contribution in [2.24, 2.45) is 0 Å². The molecule has 2 aromatic carbocycles. The van der Waals surface area contributed by atoms with Crippen molar-refractivity contribution in [1.29, 1.82) is 0 Å². The maximum Gasteiger partial charge on any atom is 0.279 e. The quantitative estimate of drug-likeness (QED) is 0.596. The fourth-order valence-corrected chi connectivity index (χ4v) is 3.18. The van der Waals surface area contributed by atoms with Gasteiger partial charge in [-0.1, -0.05) is 37.3 Å². The Hall–Kier alpha value is -2.99. The predicted molar refractivity (Wildman–Crippen MR) is 107 cm³/mol. The standard InChI is InChI=1S/C21H24N4O2/c1-3-12-25(14-20(26)23-17-10-6-4-8-15(17)2)13-19-22-18-11-7-5-9-16(18)21(27)24-19/h4-11H,3,12-14H2,1-2H3,(H,23,26)(H,22,24,27)/p+1. The lowest BCUT2D eigenvalue weighted by Crippen LogP contribution is -3.11. The largest absolute Gasteiger partial charge is 0.321 e. The summed E-state index contributed by atoms with van der Waals surface area (Å²) in [4.78, 5) is 33.2. The molecule has 0 bridgehead atoms. The van der Waals surface area contributed by atoms with Gasteiger partial charge in [-0.15, -0.1) is 0 Å². The van der Waals surface area contributed by atoms with Gasteiger partial charge in [-0.3, -0.25) is 9.59 Å². The smallest absolute Gasteiger partial charge is 0.279 e. The molecule has 1 amide bonds. The third-order valence-electron chi connectivity index (χ3n) is 4.51. The van der Waals surface area contributed by atoms with Crippen LogP contribution >= 0.6 is 0 Å². The predicted octanol–water partition coefficient (Wildman–Crippen LogP) is 1.67. The van der Waals surface area contributed by atoms with E-state index in [1.807, 2.05) is 49.4 Å². The SMILES string of the molecule is CCC[NH+](CC(=O)Nc1ccccc1C)Cc1nc2ccccc2c(=O)[nH]1. The molecule has 0 radical (unpaired) electrons. The molecule has 3 aromatic rings. The van der Waals surface area contributed by atoms with E-state index < -0.39 is 0 Å². The number of benzene rings is 2. The number of fused-ring (bicyclic) bond motifs is 1. The number of hydrogen-bond acceptors (Lipinski definition) is 3. The second-order valence-electron chi connectivity index (χ2n) is 6.75. The Morgan fingerprint density at radius 3 is 2.67 bits per heavy atom. The van der Waals surface area contributed by atoms with Crippen molar-refractivity contribution < 1.29 is 9.69 Å². The van der Waals surface area contributed by atoms with Crippen molar-refractivity contribution in [3.05, 3.63) is 70.3 Å². The molecular weight excluding hydrogens is 340 g/mol. The molecule has 6 nitrogen and oxygen atoms in total. The zero-order valence-corrected chi connectivity index (χ0v) is 15.7. The molecule has 1 atom stereocenters. The highest BCUT2D eigenvalue weighted by atomic mass is 16.2. The Labute approximate surface area is 158 Å². The molecule has 1 aromatic heterocycles. The number of carbonyl (C=O) groups excluding carboxylic acids is 1. The van der Waals surface area contributed by atoms with Crippen LogP contribution < -0.4 is 15.8 Å². The van der Waals surface area contributed by atoms with Crippen LogP contribution in [0.1, 0.15) is 24.7 Å². The Morgan fingerprint density at radius 1 is 1.15 bits per heavy atom. The molecule has 0 fully saturated rings. The van der Waals surface area contributed by atoms with Gasteiger partial charge in [-0.05, 0) is 37.1 Å². The van der Waals surface area contributed by atoms with Gasteiger partial charge in [0, 0.05) is 5.69 Å². The maximum atomic E-state index is 12.5. The molecule has 3 rings (SSSR count). The molecule has 27 heavy (non-hydrogen) atoms. The van der Waals surface area contributed by atoms with Crippen LogP contribution in [-0.4, -0.2) is 29.0 Å². The van der Waals surface area contributed by atoms with E-state index >= 15 is 0 Å². The fraction of sp³-hybridized carbons (Fsp3) is 0.286. The molecule has 1 heterocycles. The van der Waals surface area contributed by atoms with Crippen molar-refractivity contribution >= 4 is 22.5 Å². The summed E-state index contributed by atoms with van der Waals surface area (Å²) in [6.07, 6.45) is 0.935. The fourth-order valence-electron chi connectivity index (χ4n) is 3.18. The summed E-state index contributed by atoms with van der Waals surface area (Å²) in [6, 6.07) is 15.0. The number of H-pyrrole nitrogens is 1. The first-order valence-electron chi connectivity index (χ1n) is 9.24. The minimum Gasteiger partial charge on any atom is -0.321 e. The molecule has 1 unspecified atom stereocenters. The van der Waals surface area contributed by atoms with E-state index in [2.05, 4.69) is 22.2 Å². The number of aryl methyl sites for hydroxylation is 1. The molecule has 0 saturated heterocycles. The molecule has 6 heteroatoms. The van der Waals surface area contributed by atoms with Crippen LogP contribution in [-0.2, 0) is 11.3 Å². The van der Waals surface area contributed by atoms with Crippen molar-refractivity contribution in [3.8, 4) is 0 Å². The molecule has 140 valence electrons. The van der Waals surface area contributed by atoms with Crippen LogP contribution in [0.4, 0.5) is 5.69 Å². The van der Waals surface area contributed by atoms with Crippen LogP contribution in [0, 0.1) is 6.92 Å². The van der Waals surface area contributed by atoms with E-state index in [9.17, 15) is 9.59 Å². The van der Waals surface area contributed by atoms with E-state index in [0.29, 0.717) is 29.8 Å². The van der Waals surface area contributed by atoms with Gasteiger partial charge in [-0.2, -0.15) is 0 Å². The van der Waals surface area contributed by atoms with Gasteiger partial charge in [0.05, 0.1) is 17.4 Å². The Morgan fingerprint density at radius 2 is 1.89 bits per heavy atom. The second-order valence-corrected chi connectivity index (χ2v) is 6.75. The summed E-state index contributed by atoms with van der Waals surface area (Å²) in [5, 5.41) is 3.55. The number of carbonyl (C=O) groups is 1. The number of quaternary nitrogens is 1. The number of nitrogens with one attached hydrogen (secondary N) is 3. The highest BCUT2D eigenvalue weighted by molar-refractivity contribution is 5.92. The average Bonchev–Trinajstić information content (AvgIpc) is 2.64. The molecule has 0 aliphatic carbocycles. The molecule has 0 aliphatic rings. The first kappa shape index (κ1) is 18.8. The van der Waals surface area contributed by atoms with Crippen molar-refractivity contribution in [1.82, 2.24) is 9.97 Å². The lowest BCUT2D eigenvalue weighted by molar-refractivity contribution is -0.906. The maximum absolute atomic E-state index is 12.5. The zero-order chi connectivity index (χ0) is 19.2. The summed E-state index contributed by atoms with van der Waals surface area (Å²) in [6.45, 7) is 5.68. The lowest BCUT2D eigenvalue weighted by Gasteiger charge is -2.18. The van der Waals surface area contributed by atoms with Crippen molar-refractivity contribution in [3.63, 3.8) is 0 Å². The molecule has 0 aliphatic heterocycles. The van der Waals surface area contributed by atoms with Crippen molar-refractivity contribution in [2.45, 2.75) is 26.8 Å². The third kappa shape index (κ3) is 4.80. The van der Waals surface area contributed by atoms with Gasteiger partial charge in [-0.25, -0.2) is 4.98 Å². The highest BCUT2D eigenvalue weighted by Crippen LogP contribution is 2.12. The van der Waals surface area contributed by atoms with Gasteiger partial charge >= 0.3 is 0 Å².